The van der Waals surface area contributed by atoms with Crippen LogP contribution in [0.2, 0.25) is 0 Å². The van der Waals surface area contributed by atoms with Crippen molar-refractivity contribution in [3.05, 3.63) is 0 Å². The van der Waals surface area contributed by atoms with Gasteiger partial charge in [-0.15, -0.1) is 0 Å². The summed E-state index contributed by atoms with van der Waals surface area (Å²) in [5.41, 5.74) is 0. The third kappa shape index (κ3) is 3.35. The van der Waals surface area contributed by atoms with Crippen LogP contribution in [0.4, 0.5) is 0 Å². The van der Waals surface area contributed by atoms with Crippen LogP contribution in [-0.2, 0) is 0 Å². The van der Waals surface area contributed by atoms with Gasteiger partial charge in [0.05, 0.1) is 12.7 Å². The molecule has 2 unspecified atom stereocenters. The molecule has 0 amide bonds. The van der Waals surface area contributed by atoms with Gasteiger partial charge in [-0.05, 0) is 6.26 Å². The minimum Gasteiger partial charge on any atom is -0.394 e. The van der Waals surface area contributed by atoms with Gasteiger partial charge in [-0.1, -0.05) is 0 Å². The molecule has 0 aromatic heterocycles. The summed E-state index contributed by atoms with van der Waals surface area (Å²) in [4.78, 5) is 0. The van der Waals surface area contributed by atoms with Gasteiger partial charge in [-0.3, -0.25) is 0 Å². The summed E-state index contributed by atoms with van der Waals surface area (Å²) in [7, 11) is 0. The topological polar surface area (TPSA) is 40.5 Å². The smallest absolute Gasteiger partial charge is 0.0896 e. The van der Waals surface area contributed by atoms with Gasteiger partial charge in [-0.2, -0.15) is 24.4 Å². The first-order valence-corrected chi connectivity index (χ1v) is 4.60. The fraction of sp³-hybridized carbons (Fsp3) is 1.00. The number of rotatable bonds is 4. The predicted molar refractivity (Wildman–Crippen MR) is 44.2 cm³/mol. The van der Waals surface area contributed by atoms with E-state index in [1.807, 2.05) is 6.26 Å². The summed E-state index contributed by atoms with van der Waals surface area (Å²) in [5, 5.41) is 17.5. The van der Waals surface area contributed by atoms with Crippen molar-refractivity contribution < 1.29 is 10.2 Å². The van der Waals surface area contributed by atoms with E-state index in [0.717, 1.165) is 0 Å². The fourth-order valence-corrected chi connectivity index (χ4v) is 1.71. The first-order chi connectivity index (χ1) is 4.26. The zero-order valence-corrected chi connectivity index (χ0v) is 7.03. The number of thiol groups is 1. The molecule has 2 atom stereocenters. The molecule has 0 aliphatic carbocycles. The second-order valence-electron chi connectivity index (χ2n) is 1.71. The molecular formula is C5H12O2S2. The maximum Gasteiger partial charge on any atom is 0.0896 e. The lowest BCUT2D eigenvalue weighted by atomic mass is 10.3. The summed E-state index contributed by atoms with van der Waals surface area (Å²) >= 11 is 5.51. The quantitative estimate of drug-likeness (QED) is 0.518. The average molecular weight is 168 g/mol. The Morgan fingerprint density at radius 3 is 2.33 bits per heavy atom. The zero-order valence-electron chi connectivity index (χ0n) is 5.32. The van der Waals surface area contributed by atoms with E-state index in [1.165, 1.54) is 11.8 Å². The van der Waals surface area contributed by atoms with Crippen LogP contribution in [0, 0.1) is 0 Å². The highest BCUT2D eigenvalue weighted by Gasteiger charge is 2.14. The van der Waals surface area contributed by atoms with Crippen molar-refractivity contribution >= 4 is 24.4 Å². The predicted octanol–water partition coefficient (Wildman–Crippen LogP) is 0.00100. The summed E-state index contributed by atoms with van der Waals surface area (Å²) in [5.74, 6) is 0.600. The first-order valence-electron chi connectivity index (χ1n) is 2.68. The summed E-state index contributed by atoms with van der Waals surface area (Å²) < 4.78 is 0. The van der Waals surface area contributed by atoms with Crippen molar-refractivity contribution in [2.75, 3.05) is 18.6 Å². The van der Waals surface area contributed by atoms with Gasteiger partial charge < -0.3 is 10.2 Å². The normalized spacial score (nSPS) is 17.3. The molecule has 0 aromatic carbocycles. The van der Waals surface area contributed by atoms with Crippen LogP contribution in [0.5, 0.6) is 0 Å². The van der Waals surface area contributed by atoms with Crippen LogP contribution < -0.4 is 0 Å². The molecule has 0 aromatic rings. The highest BCUT2D eigenvalue weighted by Crippen LogP contribution is 2.11. The maximum atomic E-state index is 9.00. The fourth-order valence-electron chi connectivity index (χ4n) is 0.471. The molecule has 0 saturated heterocycles. The molecule has 0 aliphatic heterocycles. The van der Waals surface area contributed by atoms with E-state index in [-0.39, 0.29) is 11.9 Å². The van der Waals surface area contributed by atoms with Crippen LogP contribution in [0.25, 0.3) is 0 Å². The Hall–Kier alpha value is 0.620. The molecule has 0 rings (SSSR count). The third-order valence-corrected chi connectivity index (χ3v) is 2.83. The number of thioether (sulfide) groups is 1. The second kappa shape index (κ2) is 5.41. The van der Waals surface area contributed by atoms with Crippen LogP contribution in [0.1, 0.15) is 0 Å². The molecule has 0 spiro atoms. The Morgan fingerprint density at radius 2 is 2.22 bits per heavy atom. The highest BCUT2D eigenvalue weighted by molar-refractivity contribution is 8.00. The Morgan fingerprint density at radius 1 is 1.67 bits per heavy atom. The molecule has 0 saturated carbocycles. The van der Waals surface area contributed by atoms with E-state index >= 15 is 0 Å². The van der Waals surface area contributed by atoms with Crippen LogP contribution in [0.15, 0.2) is 0 Å². The molecule has 56 valence electrons. The Bertz CT molecular complexity index is 66.0. The van der Waals surface area contributed by atoms with Gasteiger partial charge in [0.2, 0.25) is 0 Å². The number of hydrogen-bond acceptors (Lipinski definition) is 4. The molecule has 0 aliphatic rings. The number of aliphatic hydroxyl groups is 2. The largest absolute Gasteiger partial charge is 0.394 e. The molecular weight excluding hydrogens is 156 g/mol. The summed E-state index contributed by atoms with van der Waals surface area (Å²) in [6.45, 7) is -0.175. The Kier molecular flexibility index (Phi) is 5.78. The van der Waals surface area contributed by atoms with Gasteiger partial charge in [-0.25, -0.2) is 0 Å². The van der Waals surface area contributed by atoms with E-state index in [0.29, 0.717) is 5.75 Å². The van der Waals surface area contributed by atoms with E-state index < -0.39 is 6.10 Å². The number of hydrogen-bond donors (Lipinski definition) is 3. The van der Waals surface area contributed by atoms with Crippen molar-refractivity contribution in [1.82, 2.24) is 0 Å². The molecule has 2 N–H and O–H groups in total. The molecule has 0 radical (unpaired) electrons. The Labute approximate surface area is 65.1 Å². The lowest BCUT2D eigenvalue weighted by molar-refractivity contribution is 0.0975. The van der Waals surface area contributed by atoms with Crippen LogP contribution in [-0.4, -0.2) is 40.2 Å². The lowest BCUT2D eigenvalue weighted by Gasteiger charge is -2.15. The van der Waals surface area contributed by atoms with Crippen molar-refractivity contribution in [3.63, 3.8) is 0 Å². The van der Waals surface area contributed by atoms with Crippen LogP contribution >= 0.6 is 24.4 Å². The van der Waals surface area contributed by atoms with Gasteiger partial charge in [0.1, 0.15) is 0 Å². The Balaban J connectivity index is 3.50. The van der Waals surface area contributed by atoms with Gasteiger partial charge >= 0.3 is 0 Å². The minimum absolute atomic E-state index is 0.0540. The van der Waals surface area contributed by atoms with E-state index in [4.69, 9.17) is 10.2 Å². The average Bonchev–Trinajstić information content (AvgIpc) is 1.90. The molecule has 2 nitrogen and oxygen atoms in total. The van der Waals surface area contributed by atoms with E-state index in [2.05, 4.69) is 12.6 Å². The highest BCUT2D eigenvalue weighted by atomic mass is 32.2. The maximum absolute atomic E-state index is 9.00. The SMILES string of the molecule is CSC(CS)C(O)CO. The minimum atomic E-state index is -0.627. The molecule has 0 bridgehead atoms. The monoisotopic (exact) mass is 168 g/mol. The van der Waals surface area contributed by atoms with E-state index in [9.17, 15) is 0 Å². The second-order valence-corrected chi connectivity index (χ2v) is 3.15. The first kappa shape index (κ1) is 9.62. The van der Waals surface area contributed by atoms with Crippen molar-refractivity contribution in [2.45, 2.75) is 11.4 Å². The third-order valence-electron chi connectivity index (χ3n) is 1.10. The molecule has 0 heterocycles. The van der Waals surface area contributed by atoms with E-state index in [1.54, 1.807) is 0 Å². The zero-order chi connectivity index (χ0) is 7.28. The lowest BCUT2D eigenvalue weighted by Crippen LogP contribution is -2.27. The standard InChI is InChI=1S/C5H12O2S2/c1-9-5(3-8)4(7)2-6/h4-8H,2-3H2,1H3. The number of aliphatic hydroxyl groups excluding tert-OH is 2. The van der Waals surface area contributed by atoms with Crippen LogP contribution in [0.3, 0.4) is 0 Å². The van der Waals surface area contributed by atoms with Crippen molar-refractivity contribution in [1.29, 1.82) is 0 Å². The van der Waals surface area contributed by atoms with Crippen molar-refractivity contribution in [2.24, 2.45) is 0 Å². The van der Waals surface area contributed by atoms with Crippen molar-refractivity contribution in [3.8, 4) is 0 Å². The van der Waals surface area contributed by atoms with Gasteiger partial charge in [0, 0.05) is 11.0 Å². The van der Waals surface area contributed by atoms with Gasteiger partial charge in [0.25, 0.3) is 0 Å². The molecule has 9 heavy (non-hydrogen) atoms. The molecule has 4 heteroatoms. The summed E-state index contributed by atoms with van der Waals surface area (Å²) in [6.07, 6.45) is 1.26. The van der Waals surface area contributed by atoms with Gasteiger partial charge in [0.15, 0.2) is 0 Å². The molecule has 0 fully saturated rings. The summed E-state index contributed by atoms with van der Waals surface area (Å²) in [6, 6.07) is 0.